The summed E-state index contributed by atoms with van der Waals surface area (Å²) in [6.07, 6.45) is 0. The standard InChI is InChI=1S/C24H23N3OS/c1-17-25-22-14-21(12-13-23(22)29-17)26-24(28)20-10-8-19(9-11-20)16-27(2)15-18-6-4-3-5-7-18/h3-14H,15-16H2,1-2H3,(H,26,28). The Kier molecular flexibility index (Phi) is 5.69. The first-order valence-corrected chi connectivity index (χ1v) is 10.4. The van der Waals surface area contributed by atoms with Crippen LogP contribution in [0.5, 0.6) is 0 Å². The Balaban J connectivity index is 1.38. The van der Waals surface area contributed by atoms with Crippen molar-refractivity contribution < 1.29 is 4.79 Å². The lowest BCUT2D eigenvalue weighted by molar-refractivity contribution is 0.102. The van der Waals surface area contributed by atoms with Gasteiger partial charge in [0.1, 0.15) is 0 Å². The quantitative estimate of drug-likeness (QED) is 0.465. The molecule has 29 heavy (non-hydrogen) atoms. The van der Waals surface area contributed by atoms with Crippen molar-refractivity contribution in [3.63, 3.8) is 0 Å². The molecule has 0 radical (unpaired) electrons. The van der Waals surface area contributed by atoms with Gasteiger partial charge in [-0.1, -0.05) is 42.5 Å². The highest BCUT2D eigenvalue weighted by atomic mass is 32.1. The number of nitrogens with zero attached hydrogens (tertiary/aromatic N) is 2. The van der Waals surface area contributed by atoms with Crippen LogP contribution in [0.3, 0.4) is 0 Å². The highest BCUT2D eigenvalue weighted by Gasteiger charge is 2.09. The van der Waals surface area contributed by atoms with Gasteiger partial charge >= 0.3 is 0 Å². The number of fused-ring (bicyclic) bond motifs is 1. The lowest BCUT2D eigenvalue weighted by Gasteiger charge is -2.17. The SMILES string of the molecule is Cc1nc2cc(NC(=O)c3ccc(CN(C)Cc4ccccc4)cc3)ccc2s1. The fraction of sp³-hybridized carbons (Fsp3) is 0.167. The Morgan fingerprint density at radius 1 is 0.966 bits per heavy atom. The predicted molar refractivity (Wildman–Crippen MR) is 120 cm³/mol. The number of anilines is 1. The fourth-order valence-electron chi connectivity index (χ4n) is 3.35. The molecule has 1 amide bonds. The summed E-state index contributed by atoms with van der Waals surface area (Å²) >= 11 is 1.65. The van der Waals surface area contributed by atoms with Gasteiger partial charge in [0.05, 0.1) is 15.2 Å². The van der Waals surface area contributed by atoms with Gasteiger partial charge in [-0.05, 0) is 55.4 Å². The third kappa shape index (κ3) is 4.88. The van der Waals surface area contributed by atoms with Crippen molar-refractivity contribution in [1.82, 2.24) is 9.88 Å². The van der Waals surface area contributed by atoms with Gasteiger partial charge in [0, 0.05) is 24.3 Å². The van der Waals surface area contributed by atoms with Crippen LogP contribution >= 0.6 is 11.3 Å². The van der Waals surface area contributed by atoms with Crippen LogP contribution in [0.2, 0.25) is 0 Å². The maximum atomic E-state index is 12.6. The van der Waals surface area contributed by atoms with Crippen molar-refractivity contribution in [3.8, 4) is 0 Å². The topological polar surface area (TPSA) is 45.2 Å². The van der Waals surface area contributed by atoms with E-state index in [0.717, 1.165) is 34.0 Å². The molecule has 0 spiro atoms. The molecular weight excluding hydrogens is 378 g/mol. The van der Waals surface area contributed by atoms with Crippen LogP contribution in [0.1, 0.15) is 26.5 Å². The van der Waals surface area contributed by atoms with Gasteiger partial charge in [0.2, 0.25) is 0 Å². The molecule has 1 N–H and O–H groups in total. The van der Waals surface area contributed by atoms with Crippen molar-refractivity contribution in [2.75, 3.05) is 12.4 Å². The number of aryl methyl sites for hydroxylation is 1. The first-order chi connectivity index (χ1) is 14.1. The first-order valence-electron chi connectivity index (χ1n) is 9.57. The van der Waals surface area contributed by atoms with E-state index in [1.165, 1.54) is 11.1 Å². The van der Waals surface area contributed by atoms with Crippen LogP contribution in [0.4, 0.5) is 5.69 Å². The van der Waals surface area contributed by atoms with Gasteiger partial charge in [-0.3, -0.25) is 9.69 Å². The van der Waals surface area contributed by atoms with Crippen molar-refractivity contribution in [2.24, 2.45) is 0 Å². The van der Waals surface area contributed by atoms with Crippen molar-refractivity contribution >= 4 is 33.1 Å². The van der Waals surface area contributed by atoms with Crippen LogP contribution in [-0.4, -0.2) is 22.8 Å². The lowest BCUT2D eigenvalue weighted by Crippen LogP contribution is -2.17. The maximum Gasteiger partial charge on any atom is 0.255 e. The van der Waals surface area contributed by atoms with E-state index in [9.17, 15) is 4.79 Å². The zero-order chi connectivity index (χ0) is 20.2. The summed E-state index contributed by atoms with van der Waals surface area (Å²) in [5, 5.41) is 3.99. The molecule has 146 valence electrons. The average Bonchev–Trinajstić information content (AvgIpc) is 3.08. The van der Waals surface area contributed by atoms with Crippen LogP contribution in [0.15, 0.2) is 72.8 Å². The molecule has 0 saturated carbocycles. The van der Waals surface area contributed by atoms with Crippen LogP contribution in [-0.2, 0) is 13.1 Å². The number of aromatic nitrogens is 1. The number of thiazole rings is 1. The number of hydrogen-bond donors (Lipinski definition) is 1. The monoisotopic (exact) mass is 401 g/mol. The summed E-state index contributed by atoms with van der Waals surface area (Å²) in [5.74, 6) is -0.111. The number of amides is 1. The first kappa shape index (κ1) is 19.3. The Bertz CT molecular complexity index is 1120. The molecule has 0 aliphatic rings. The minimum Gasteiger partial charge on any atom is -0.322 e. The van der Waals surface area contributed by atoms with E-state index in [1.807, 2.05) is 55.5 Å². The zero-order valence-electron chi connectivity index (χ0n) is 16.6. The third-order valence-corrected chi connectivity index (χ3v) is 5.67. The molecule has 4 nitrogen and oxygen atoms in total. The largest absolute Gasteiger partial charge is 0.322 e. The molecule has 4 aromatic rings. The molecule has 0 aliphatic heterocycles. The van der Waals surface area contributed by atoms with E-state index < -0.39 is 0 Å². The van der Waals surface area contributed by atoms with E-state index in [4.69, 9.17) is 0 Å². The molecule has 0 fully saturated rings. The fourth-order valence-corrected chi connectivity index (χ4v) is 4.16. The number of carbonyl (C=O) groups is 1. The number of nitrogens with one attached hydrogen (secondary N) is 1. The van der Waals surface area contributed by atoms with Gasteiger partial charge in [-0.25, -0.2) is 4.98 Å². The normalized spacial score (nSPS) is 11.1. The summed E-state index contributed by atoms with van der Waals surface area (Å²) in [7, 11) is 2.10. The summed E-state index contributed by atoms with van der Waals surface area (Å²) in [6, 6.07) is 24.1. The van der Waals surface area contributed by atoms with E-state index in [2.05, 4.69) is 46.5 Å². The highest BCUT2D eigenvalue weighted by Crippen LogP contribution is 2.24. The van der Waals surface area contributed by atoms with Gasteiger partial charge in [-0.2, -0.15) is 0 Å². The summed E-state index contributed by atoms with van der Waals surface area (Å²) in [6.45, 7) is 3.71. The Morgan fingerprint density at radius 2 is 1.66 bits per heavy atom. The van der Waals surface area contributed by atoms with E-state index in [1.54, 1.807) is 11.3 Å². The van der Waals surface area contributed by atoms with E-state index in [-0.39, 0.29) is 5.91 Å². The second-order valence-corrected chi connectivity index (χ2v) is 8.46. The maximum absolute atomic E-state index is 12.6. The van der Waals surface area contributed by atoms with Crippen LogP contribution < -0.4 is 5.32 Å². The average molecular weight is 402 g/mol. The number of benzene rings is 3. The third-order valence-electron chi connectivity index (χ3n) is 4.72. The van der Waals surface area contributed by atoms with Gasteiger partial charge in [0.25, 0.3) is 5.91 Å². The molecule has 5 heteroatoms. The molecule has 0 aliphatic carbocycles. The van der Waals surface area contributed by atoms with Crippen LogP contribution in [0.25, 0.3) is 10.2 Å². The van der Waals surface area contributed by atoms with Gasteiger partial charge in [0.15, 0.2) is 0 Å². The molecule has 0 atom stereocenters. The highest BCUT2D eigenvalue weighted by molar-refractivity contribution is 7.18. The lowest BCUT2D eigenvalue weighted by atomic mass is 10.1. The molecule has 1 aromatic heterocycles. The minimum absolute atomic E-state index is 0.111. The van der Waals surface area contributed by atoms with E-state index >= 15 is 0 Å². The number of hydrogen-bond acceptors (Lipinski definition) is 4. The summed E-state index contributed by atoms with van der Waals surface area (Å²) < 4.78 is 1.13. The minimum atomic E-state index is -0.111. The van der Waals surface area contributed by atoms with Crippen molar-refractivity contribution in [1.29, 1.82) is 0 Å². The summed E-state index contributed by atoms with van der Waals surface area (Å²) in [4.78, 5) is 19.3. The van der Waals surface area contributed by atoms with Crippen LogP contribution in [0, 0.1) is 6.92 Å². The molecular formula is C24H23N3OS. The number of rotatable bonds is 6. The Labute approximate surface area is 174 Å². The second kappa shape index (κ2) is 8.55. The molecule has 4 rings (SSSR count). The molecule has 0 saturated heterocycles. The Morgan fingerprint density at radius 3 is 2.38 bits per heavy atom. The predicted octanol–water partition coefficient (Wildman–Crippen LogP) is 5.49. The Hall–Kier alpha value is -3.02. The number of carbonyl (C=O) groups excluding carboxylic acids is 1. The molecule has 0 bridgehead atoms. The smallest absolute Gasteiger partial charge is 0.255 e. The molecule has 0 unspecified atom stereocenters. The second-order valence-electron chi connectivity index (χ2n) is 7.22. The molecule has 1 heterocycles. The van der Waals surface area contributed by atoms with Crippen molar-refractivity contribution in [3.05, 3.63) is 94.5 Å². The zero-order valence-corrected chi connectivity index (χ0v) is 17.4. The van der Waals surface area contributed by atoms with E-state index in [0.29, 0.717) is 5.56 Å². The van der Waals surface area contributed by atoms with Gasteiger partial charge < -0.3 is 5.32 Å². The van der Waals surface area contributed by atoms with Crippen molar-refractivity contribution in [2.45, 2.75) is 20.0 Å². The van der Waals surface area contributed by atoms with Gasteiger partial charge in [-0.15, -0.1) is 11.3 Å². The summed E-state index contributed by atoms with van der Waals surface area (Å²) in [5.41, 5.74) is 4.80. The molecule has 3 aromatic carbocycles.